The number of para-hydroxylation sites is 3. The molecule has 0 spiro atoms. The number of ether oxygens (including phenoxy) is 2. The van der Waals surface area contributed by atoms with Gasteiger partial charge >= 0.3 is 5.97 Å². The van der Waals surface area contributed by atoms with E-state index < -0.39 is 30.8 Å². The second-order valence-electron chi connectivity index (χ2n) is 6.53. The Labute approximate surface area is 187 Å². The van der Waals surface area contributed by atoms with Gasteiger partial charge in [-0.2, -0.15) is 0 Å². The first-order valence-electron chi connectivity index (χ1n) is 9.30. The smallest absolute Gasteiger partial charge is 0.323 e. The van der Waals surface area contributed by atoms with Gasteiger partial charge in [0.2, 0.25) is 0 Å². The van der Waals surface area contributed by atoms with Gasteiger partial charge in [-0.1, -0.05) is 52.3 Å². The Morgan fingerprint density at radius 2 is 1.65 bits per heavy atom. The summed E-state index contributed by atoms with van der Waals surface area (Å²) in [6.45, 7) is -1.21. The van der Waals surface area contributed by atoms with E-state index in [-0.39, 0.29) is 12.1 Å². The second-order valence-corrected chi connectivity index (χ2v) is 7.45. The van der Waals surface area contributed by atoms with E-state index in [1.807, 2.05) is 18.2 Å². The molecule has 0 aliphatic carbocycles. The van der Waals surface area contributed by atoms with E-state index in [4.69, 9.17) is 14.6 Å². The lowest BCUT2D eigenvalue weighted by Gasteiger charge is -2.21. The molecule has 0 atom stereocenters. The van der Waals surface area contributed by atoms with Crippen LogP contribution in [0, 0.1) is 5.82 Å². The average molecular weight is 488 g/mol. The molecule has 8 heteroatoms. The molecular formula is C23H19BrFNO5. The predicted molar refractivity (Wildman–Crippen MR) is 116 cm³/mol. The van der Waals surface area contributed by atoms with E-state index in [1.165, 1.54) is 12.1 Å². The number of aliphatic carboxylic acids is 1. The standard InChI is InChI=1S/C23H19BrFNO5/c24-17-11-10-16(19(25)12-17)13-26(14-23(28)29)22(27)15-30-20-8-4-5-9-21(20)31-18-6-2-1-3-7-18/h1-12H,13-15H2,(H,28,29). The van der Waals surface area contributed by atoms with Crippen molar-refractivity contribution in [2.75, 3.05) is 13.2 Å². The topological polar surface area (TPSA) is 76.1 Å². The van der Waals surface area contributed by atoms with Crippen LogP contribution in [0.1, 0.15) is 5.56 Å². The fraction of sp³-hybridized carbons (Fsp3) is 0.130. The summed E-state index contributed by atoms with van der Waals surface area (Å²) in [4.78, 5) is 24.9. The zero-order valence-electron chi connectivity index (χ0n) is 16.3. The molecule has 0 heterocycles. The fourth-order valence-corrected chi connectivity index (χ4v) is 3.08. The molecule has 0 unspecified atom stereocenters. The molecule has 1 N–H and O–H groups in total. The Kier molecular flexibility index (Phi) is 7.61. The van der Waals surface area contributed by atoms with Gasteiger partial charge in [0.25, 0.3) is 5.91 Å². The Morgan fingerprint density at radius 1 is 0.968 bits per heavy atom. The summed E-state index contributed by atoms with van der Waals surface area (Å²) < 4.78 is 26.1. The molecule has 0 fully saturated rings. The van der Waals surface area contributed by atoms with Gasteiger partial charge in [0.05, 0.1) is 0 Å². The van der Waals surface area contributed by atoms with Crippen molar-refractivity contribution in [2.45, 2.75) is 6.54 Å². The maximum absolute atomic E-state index is 14.2. The Morgan fingerprint density at radius 3 is 2.32 bits per heavy atom. The molecule has 160 valence electrons. The monoisotopic (exact) mass is 487 g/mol. The van der Waals surface area contributed by atoms with Gasteiger partial charge in [0.1, 0.15) is 18.1 Å². The quantitative estimate of drug-likeness (QED) is 0.465. The van der Waals surface area contributed by atoms with E-state index in [0.717, 1.165) is 4.90 Å². The summed E-state index contributed by atoms with van der Waals surface area (Å²) >= 11 is 3.17. The number of carboxylic acid groups (broad SMARTS) is 1. The minimum absolute atomic E-state index is 0.199. The van der Waals surface area contributed by atoms with Crippen LogP contribution in [0.25, 0.3) is 0 Å². The van der Waals surface area contributed by atoms with Crippen molar-refractivity contribution in [1.82, 2.24) is 4.90 Å². The van der Waals surface area contributed by atoms with Gasteiger partial charge < -0.3 is 19.5 Å². The zero-order chi connectivity index (χ0) is 22.2. The molecule has 0 saturated carbocycles. The van der Waals surface area contributed by atoms with Crippen LogP contribution in [0.3, 0.4) is 0 Å². The van der Waals surface area contributed by atoms with Gasteiger partial charge in [0.15, 0.2) is 18.1 Å². The summed E-state index contributed by atoms with van der Waals surface area (Å²) in [5, 5.41) is 9.16. The highest BCUT2D eigenvalue weighted by atomic mass is 79.9. The van der Waals surface area contributed by atoms with Crippen molar-refractivity contribution in [3.05, 3.63) is 88.6 Å². The highest BCUT2D eigenvalue weighted by Crippen LogP contribution is 2.31. The van der Waals surface area contributed by atoms with E-state index >= 15 is 0 Å². The maximum Gasteiger partial charge on any atom is 0.323 e. The van der Waals surface area contributed by atoms with Crippen molar-refractivity contribution in [3.8, 4) is 17.2 Å². The number of carbonyl (C=O) groups excluding carboxylic acids is 1. The lowest BCUT2D eigenvalue weighted by molar-refractivity contribution is -0.145. The molecule has 3 rings (SSSR count). The van der Waals surface area contributed by atoms with Crippen LogP contribution in [0.2, 0.25) is 0 Å². The van der Waals surface area contributed by atoms with Crippen molar-refractivity contribution < 1.29 is 28.6 Å². The molecule has 1 amide bonds. The van der Waals surface area contributed by atoms with Crippen LogP contribution in [0.4, 0.5) is 4.39 Å². The van der Waals surface area contributed by atoms with Crippen LogP contribution in [-0.2, 0) is 16.1 Å². The summed E-state index contributed by atoms with van der Waals surface area (Å²) in [5.74, 6) is -1.02. The third-order valence-corrected chi connectivity index (χ3v) is 4.72. The van der Waals surface area contributed by atoms with E-state index in [9.17, 15) is 14.0 Å². The zero-order valence-corrected chi connectivity index (χ0v) is 17.9. The first kappa shape index (κ1) is 22.3. The Bertz CT molecular complexity index is 1060. The van der Waals surface area contributed by atoms with E-state index in [0.29, 0.717) is 21.7 Å². The molecular weight excluding hydrogens is 469 g/mol. The molecule has 3 aromatic rings. The summed E-state index contributed by atoms with van der Waals surface area (Å²) in [7, 11) is 0. The number of amides is 1. The second kappa shape index (κ2) is 10.6. The maximum atomic E-state index is 14.2. The fourth-order valence-electron chi connectivity index (χ4n) is 2.75. The first-order chi connectivity index (χ1) is 14.9. The van der Waals surface area contributed by atoms with E-state index in [1.54, 1.807) is 42.5 Å². The SMILES string of the molecule is O=C(O)CN(Cc1ccc(Br)cc1F)C(=O)COc1ccccc1Oc1ccccc1. The molecule has 0 aliphatic rings. The third-order valence-electron chi connectivity index (χ3n) is 4.23. The van der Waals surface area contributed by atoms with Crippen molar-refractivity contribution in [1.29, 1.82) is 0 Å². The first-order valence-corrected chi connectivity index (χ1v) is 10.1. The van der Waals surface area contributed by atoms with Crippen LogP contribution in [-0.4, -0.2) is 35.0 Å². The van der Waals surface area contributed by atoms with Crippen molar-refractivity contribution in [3.63, 3.8) is 0 Å². The average Bonchev–Trinajstić information content (AvgIpc) is 2.74. The van der Waals surface area contributed by atoms with E-state index in [2.05, 4.69) is 15.9 Å². The minimum Gasteiger partial charge on any atom is -0.480 e. The van der Waals surface area contributed by atoms with Crippen LogP contribution >= 0.6 is 15.9 Å². The van der Waals surface area contributed by atoms with Crippen molar-refractivity contribution in [2.24, 2.45) is 0 Å². The molecule has 0 aromatic heterocycles. The molecule has 0 saturated heterocycles. The van der Waals surface area contributed by atoms with Crippen LogP contribution < -0.4 is 9.47 Å². The van der Waals surface area contributed by atoms with Crippen LogP contribution in [0.5, 0.6) is 17.2 Å². The van der Waals surface area contributed by atoms with Gasteiger partial charge in [-0.25, -0.2) is 4.39 Å². The van der Waals surface area contributed by atoms with Gasteiger partial charge in [-0.05, 0) is 36.4 Å². The molecule has 3 aromatic carbocycles. The summed E-state index contributed by atoms with van der Waals surface area (Å²) in [5.41, 5.74) is 0.200. The lowest BCUT2D eigenvalue weighted by atomic mass is 10.2. The van der Waals surface area contributed by atoms with Gasteiger partial charge in [0, 0.05) is 16.6 Å². The summed E-state index contributed by atoms with van der Waals surface area (Å²) in [6, 6.07) is 20.3. The lowest BCUT2D eigenvalue weighted by Crippen LogP contribution is -2.38. The number of carbonyl (C=O) groups is 2. The molecule has 0 aliphatic heterocycles. The molecule has 0 radical (unpaired) electrons. The predicted octanol–water partition coefficient (Wildman–Crippen LogP) is 4.87. The largest absolute Gasteiger partial charge is 0.480 e. The van der Waals surface area contributed by atoms with Crippen molar-refractivity contribution >= 4 is 27.8 Å². The number of rotatable bonds is 9. The van der Waals surface area contributed by atoms with Gasteiger partial charge in [-0.3, -0.25) is 9.59 Å². The molecule has 0 bridgehead atoms. The number of halogens is 2. The number of hydrogen-bond donors (Lipinski definition) is 1. The summed E-state index contributed by atoms with van der Waals surface area (Å²) in [6.07, 6.45) is 0. The normalized spacial score (nSPS) is 10.4. The molecule has 6 nitrogen and oxygen atoms in total. The van der Waals surface area contributed by atoms with Crippen LogP contribution in [0.15, 0.2) is 77.3 Å². The number of benzene rings is 3. The highest BCUT2D eigenvalue weighted by molar-refractivity contribution is 9.10. The molecule has 31 heavy (non-hydrogen) atoms. The number of hydrogen-bond acceptors (Lipinski definition) is 4. The van der Waals surface area contributed by atoms with Gasteiger partial charge in [-0.15, -0.1) is 0 Å². The minimum atomic E-state index is -1.21. The highest BCUT2D eigenvalue weighted by Gasteiger charge is 2.20. The Hall–Kier alpha value is -3.39. The Balaban J connectivity index is 1.70. The number of carboxylic acids is 1. The number of nitrogens with zero attached hydrogens (tertiary/aromatic N) is 1. The third kappa shape index (κ3) is 6.55.